The van der Waals surface area contributed by atoms with E-state index in [0.29, 0.717) is 23.5 Å². The molecule has 0 radical (unpaired) electrons. The minimum Gasteiger partial charge on any atom is -0.307 e. The van der Waals surface area contributed by atoms with Gasteiger partial charge in [-0.3, -0.25) is 4.79 Å². The molecule has 2 aromatic rings. The quantitative estimate of drug-likeness (QED) is 0.920. The fourth-order valence-electron chi connectivity index (χ4n) is 2.78. The SMILES string of the molecule is Cc1cc(NC(=O)c2ccc(C)c(F)c2)n([C@H]2CCS(=O)(=O)C2)n1. The molecule has 128 valence electrons. The van der Waals surface area contributed by atoms with E-state index in [-0.39, 0.29) is 23.1 Å². The molecule has 1 N–H and O–H groups in total. The van der Waals surface area contributed by atoms with E-state index in [1.54, 1.807) is 30.7 Å². The van der Waals surface area contributed by atoms with Gasteiger partial charge in [0, 0.05) is 11.6 Å². The molecule has 0 spiro atoms. The maximum absolute atomic E-state index is 13.6. The number of amides is 1. The fraction of sp³-hybridized carbons (Fsp3) is 0.375. The largest absolute Gasteiger partial charge is 0.307 e. The average Bonchev–Trinajstić information content (AvgIpc) is 3.04. The van der Waals surface area contributed by atoms with Crippen molar-refractivity contribution >= 4 is 21.6 Å². The highest BCUT2D eigenvalue weighted by Gasteiger charge is 2.31. The number of aromatic nitrogens is 2. The van der Waals surface area contributed by atoms with Crippen LogP contribution in [0.2, 0.25) is 0 Å². The Morgan fingerprint density at radius 1 is 1.33 bits per heavy atom. The van der Waals surface area contributed by atoms with Crippen molar-refractivity contribution in [2.45, 2.75) is 26.3 Å². The van der Waals surface area contributed by atoms with Gasteiger partial charge in [0.15, 0.2) is 9.84 Å². The number of halogens is 1. The molecule has 1 saturated heterocycles. The highest BCUT2D eigenvalue weighted by Crippen LogP contribution is 2.27. The van der Waals surface area contributed by atoms with Crippen LogP contribution >= 0.6 is 0 Å². The third-order valence-electron chi connectivity index (χ3n) is 4.09. The van der Waals surface area contributed by atoms with Gasteiger partial charge in [-0.1, -0.05) is 6.07 Å². The minimum absolute atomic E-state index is 0.0101. The number of aryl methyl sites for hydroxylation is 2. The summed E-state index contributed by atoms with van der Waals surface area (Å²) in [6, 6.07) is 5.64. The predicted molar refractivity (Wildman–Crippen MR) is 88.4 cm³/mol. The number of benzene rings is 1. The Morgan fingerprint density at radius 2 is 2.08 bits per heavy atom. The van der Waals surface area contributed by atoms with Crippen molar-refractivity contribution in [2.75, 3.05) is 16.8 Å². The highest BCUT2D eigenvalue weighted by atomic mass is 32.2. The lowest BCUT2D eigenvalue weighted by atomic mass is 10.1. The van der Waals surface area contributed by atoms with Crippen molar-refractivity contribution in [2.24, 2.45) is 0 Å². The number of nitrogens with zero attached hydrogens (tertiary/aromatic N) is 2. The minimum atomic E-state index is -3.07. The van der Waals surface area contributed by atoms with Crippen LogP contribution in [0.1, 0.15) is 34.1 Å². The second-order valence-electron chi connectivity index (χ2n) is 6.09. The van der Waals surface area contributed by atoms with Crippen LogP contribution in [-0.2, 0) is 9.84 Å². The number of hydrogen-bond donors (Lipinski definition) is 1. The van der Waals surface area contributed by atoms with E-state index in [1.165, 1.54) is 12.1 Å². The summed E-state index contributed by atoms with van der Waals surface area (Å²) in [6.07, 6.45) is 0.464. The fourth-order valence-corrected chi connectivity index (χ4v) is 4.47. The molecule has 8 heteroatoms. The van der Waals surface area contributed by atoms with Gasteiger partial charge in [0.2, 0.25) is 0 Å². The highest BCUT2D eigenvalue weighted by molar-refractivity contribution is 7.91. The zero-order chi connectivity index (χ0) is 17.5. The first kappa shape index (κ1) is 16.6. The number of rotatable bonds is 3. The Labute approximate surface area is 139 Å². The van der Waals surface area contributed by atoms with Gasteiger partial charge in [0.25, 0.3) is 5.91 Å². The van der Waals surface area contributed by atoms with Crippen LogP contribution in [0, 0.1) is 19.7 Å². The first-order chi connectivity index (χ1) is 11.2. The molecule has 0 saturated carbocycles. The van der Waals surface area contributed by atoms with Gasteiger partial charge in [-0.25, -0.2) is 17.5 Å². The summed E-state index contributed by atoms with van der Waals surface area (Å²) in [7, 11) is -3.07. The van der Waals surface area contributed by atoms with Gasteiger partial charge in [-0.15, -0.1) is 0 Å². The van der Waals surface area contributed by atoms with Gasteiger partial charge >= 0.3 is 0 Å². The number of sulfone groups is 1. The number of hydrogen-bond acceptors (Lipinski definition) is 4. The molecule has 1 aliphatic rings. The van der Waals surface area contributed by atoms with Crippen molar-refractivity contribution in [1.82, 2.24) is 9.78 Å². The summed E-state index contributed by atoms with van der Waals surface area (Å²) >= 11 is 0. The molecule has 0 unspecified atom stereocenters. The molecule has 1 fully saturated rings. The standard InChI is InChI=1S/C16H18FN3O3S/c1-10-3-4-12(8-14(10)17)16(21)18-15-7-11(2)19-20(15)13-5-6-24(22,23)9-13/h3-4,7-8,13H,5-6,9H2,1-2H3,(H,18,21)/t13-/m0/s1. The maximum Gasteiger partial charge on any atom is 0.256 e. The van der Waals surface area contributed by atoms with Crippen molar-refractivity contribution in [3.63, 3.8) is 0 Å². The Morgan fingerprint density at radius 3 is 2.71 bits per heavy atom. The van der Waals surface area contributed by atoms with Gasteiger partial charge in [-0.05, 0) is 38.0 Å². The van der Waals surface area contributed by atoms with Crippen molar-refractivity contribution < 1.29 is 17.6 Å². The summed E-state index contributed by atoms with van der Waals surface area (Å²) in [6.45, 7) is 3.39. The number of carbonyl (C=O) groups excluding carboxylic acids is 1. The molecule has 3 rings (SSSR count). The Kier molecular flexibility index (Phi) is 4.16. The van der Waals surface area contributed by atoms with Crippen LogP contribution in [0.4, 0.5) is 10.2 Å². The third-order valence-corrected chi connectivity index (χ3v) is 5.84. The van der Waals surface area contributed by atoms with Crippen LogP contribution < -0.4 is 5.32 Å². The molecule has 24 heavy (non-hydrogen) atoms. The van der Waals surface area contributed by atoms with Gasteiger partial charge in [0.05, 0.1) is 23.2 Å². The molecule has 1 aromatic carbocycles. The van der Waals surface area contributed by atoms with Crippen LogP contribution in [0.3, 0.4) is 0 Å². The summed E-state index contributed by atoms with van der Waals surface area (Å²) in [5.41, 5.74) is 1.33. The van der Waals surface area contributed by atoms with E-state index in [2.05, 4.69) is 10.4 Å². The lowest BCUT2D eigenvalue weighted by Crippen LogP contribution is -2.19. The molecular formula is C16H18FN3O3S. The van der Waals surface area contributed by atoms with Crippen LogP contribution in [0.5, 0.6) is 0 Å². The van der Waals surface area contributed by atoms with Gasteiger partial charge in [0.1, 0.15) is 11.6 Å². The molecular weight excluding hydrogens is 333 g/mol. The monoisotopic (exact) mass is 351 g/mol. The Bertz CT molecular complexity index is 905. The van der Waals surface area contributed by atoms with E-state index in [0.717, 1.165) is 0 Å². The molecule has 2 heterocycles. The van der Waals surface area contributed by atoms with Gasteiger partial charge < -0.3 is 5.32 Å². The summed E-state index contributed by atoms with van der Waals surface area (Å²) in [5.74, 6) is -0.366. The second-order valence-corrected chi connectivity index (χ2v) is 8.32. The first-order valence-corrected chi connectivity index (χ1v) is 9.41. The van der Waals surface area contributed by atoms with Crippen LogP contribution in [0.15, 0.2) is 24.3 Å². The number of nitrogens with one attached hydrogen (secondary N) is 1. The van der Waals surface area contributed by atoms with Crippen molar-refractivity contribution in [3.8, 4) is 0 Å². The summed E-state index contributed by atoms with van der Waals surface area (Å²) in [5, 5.41) is 7.00. The van der Waals surface area contributed by atoms with Gasteiger partial charge in [-0.2, -0.15) is 5.10 Å². The van der Waals surface area contributed by atoms with E-state index in [4.69, 9.17) is 0 Å². The van der Waals surface area contributed by atoms with Crippen molar-refractivity contribution in [3.05, 3.63) is 46.9 Å². The maximum atomic E-state index is 13.6. The Balaban J connectivity index is 1.85. The average molecular weight is 351 g/mol. The summed E-state index contributed by atoms with van der Waals surface area (Å²) < 4.78 is 38.5. The number of anilines is 1. The number of carbonyl (C=O) groups is 1. The van der Waals surface area contributed by atoms with E-state index in [1.807, 2.05) is 0 Å². The molecule has 1 amide bonds. The molecule has 1 aromatic heterocycles. The summed E-state index contributed by atoms with van der Waals surface area (Å²) in [4.78, 5) is 12.3. The molecule has 6 nitrogen and oxygen atoms in total. The normalized spacial score (nSPS) is 19.4. The van der Waals surface area contributed by atoms with Crippen molar-refractivity contribution in [1.29, 1.82) is 0 Å². The molecule has 0 bridgehead atoms. The zero-order valence-electron chi connectivity index (χ0n) is 13.4. The zero-order valence-corrected chi connectivity index (χ0v) is 14.2. The first-order valence-electron chi connectivity index (χ1n) is 7.59. The third kappa shape index (κ3) is 3.33. The molecule has 1 atom stereocenters. The lowest BCUT2D eigenvalue weighted by Gasteiger charge is -2.14. The topological polar surface area (TPSA) is 81.1 Å². The lowest BCUT2D eigenvalue weighted by molar-refractivity contribution is 0.102. The van der Waals surface area contributed by atoms with E-state index in [9.17, 15) is 17.6 Å². The van der Waals surface area contributed by atoms with Crippen LogP contribution in [-0.4, -0.2) is 35.6 Å². The molecule has 0 aliphatic carbocycles. The van der Waals surface area contributed by atoms with Crippen LogP contribution in [0.25, 0.3) is 0 Å². The van der Waals surface area contributed by atoms with E-state index < -0.39 is 21.6 Å². The smallest absolute Gasteiger partial charge is 0.256 e. The predicted octanol–water partition coefficient (Wildman–Crippen LogP) is 2.25. The second kappa shape index (κ2) is 6.01. The molecule has 1 aliphatic heterocycles. The Hall–Kier alpha value is -2.22. The van der Waals surface area contributed by atoms with E-state index >= 15 is 0 Å².